The molecule has 1 saturated carbocycles. The Morgan fingerprint density at radius 2 is 1.93 bits per heavy atom. The van der Waals surface area contributed by atoms with Crippen LogP contribution in [0.3, 0.4) is 0 Å². The standard InChI is InChI=1S/C25H26F3N9O3S/c1-12-18-22(36-20(34-12)17-19(15-6-7-15)32-11-33-23(17)40-3)37(13(2)25(26,27)28)24(38)21(35-18)31-10-14-5-8-16(30-9-14)41(4,29)39/h5,8-9,11,13,15,29H,6-7,10H2,1-4H3,(H,31,35)/t13-,41?/m0/s1. The summed E-state index contributed by atoms with van der Waals surface area (Å²) in [5, 5.41) is 2.87. The fourth-order valence-electron chi connectivity index (χ4n) is 4.30. The number of pyridine rings is 1. The van der Waals surface area contributed by atoms with Crippen LogP contribution in [-0.2, 0) is 16.3 Å². The van der Waals surface area contributed by atoms with Crippen molar-refractivity contribution in [3.05, 3.63) is 52.0 Å². The minimum Gasteiger partial charge on any atom is -0.480 e. The van der Waals surface area contributed by atoms with Gasteiger partial charge in [-0.25, -0.2) is 38.9 Å². The number of aryl methyl sites for hydroxylation is 1. The Morgan fingerprint density at radius 1 is 1.20 bits per heavy atom. The molecule has 5 rings (SSSR count). The van der Waals surface area contributed by atoms with E-state index in [0.29, 0.717) is 21.4 Å². The number of nitrogens with one attached hydrogen (secondary N) is 2. The topological polar surface area (TPSA) is 162 Å². The van der Waals surface area contributed by atoms with Crippen LogP contribution in [0, 0.1) is 11.7 Å². The molecular formula is C25H26F3N9O3S. The molecule has 1 aliphatic carbocycles. The molecule has 0 aromatic carbocycles. The van der Waals surface area contributed by atoms with E-state index in [1.807, 2.05) is 0 Å². The lowest BCUT2D eigenvalue weighted by Crippen LogP contribution is -2.35. The number of ether oxygens (including phenoxy) is 1. The summed E-state index contributed by atoms with van der Waals surface area (Å²) in [6.07, 6.45) is 0.938. The molecule has 2 atom stereocenters. The summed E-state index contributed by atoms with van der Waals surface area (Å²) >= 11 is 0. The van der Waals surface area contributed by atoms with Crippen LogP contribution in [0.15, 0.2) is 34.5 Å². The van der Waals surface area contributed by atoms with Gasteiger partial charge >= 0.3 is 6.18 Å². The summed E-state index contributed by atoms with van der Waals surface area (Å²) in [4.78, 5) is 39.3. The number of methoxy groups -OCH3 is 1. The van der Waals surface area contributed by atoms with Crippen molar-refractivity contribution in [3.63, 3.8) is 0 Å². The van der Waals surface area contributed by atoms with E-state index in [2.05, 4.69) is 35.2 Å². The molecule has 1 fully saturated rings. The molecule has 2 N–H and O–H groups in total. The Hall–Kier alpha value is -4.21. The fourth-order valence-corrected chi connectivity index (χ4v) is 4.88. The smallest absolute Gasteiger partial charge is 0.409 e. The van der Waals surface area contributed by atoms with E-state index in [1.165, 1.54) is 32.0 Å². The minimum atomic E-state index is -4.77. The molecule has 41 heavy (non-hydrogen) atoms. The van der Waals surface area contributed by atoms with E-state index in [4.69, 9.17) is 9.52 Å². The van der Waals surface area contributed by atoms with Crippen molar-refractivity contribution in [2.24, 2.45) is 0 Å². The van der Waals surface area contributed by atoms with Gasteiger partial charge in [0.05, 0.1) is 28.2 Å². The van der Waals surface area contributed by atoms with Crippen LogP contribution < -0.4 is 15.6 Å². The van der Waals surface area contributed by atoms with Gasteiger partial charge in [0.15, 0.2) is 17.3 Å². The molecule has 0 radical (unpaired) electrons. The summed E-state index contributed by atoms with van der Waals surface area (Å²) in [5.41, 5.74) is 0.442. The zero-order valence-corrected chi connectivity index (χ0v) is 23.3. The Bertz CT molecular complexity index is 1810. The quantitative estimate of drug-likeness (QED) is 0.307. The van der Waals surface area contributed by atoms with Crippen molar-refractivity contribution in [1.82, 2.24) is 34.5 Å². The second-order valence-corrected chi connectivity index (χ2v) is 11.9. The van der Waals surface area contributed by atoms with E-state index in [-0.39, 0.29) is 51.9 Å². The van der Waals surface area contributed by atoms with Gasteiger partial charge in [0, 0.05) is 24.9 Å². The fraction of sp³-hybridized carbons (Fsp3) is 0.400. The molecule has 0 amide bonds. The van der Waals surface area contributed by atoms with Gasteiger partial charge in [0.1, 0.15) is 28.5 Å². The molecular weight excluding hydrogens is 563 g/mol. The van der Waals surface area contributed by atoms with E-state index in [9.17, 15) is 22.2 Å². The van der Waals surface area contributed by atoms with Gasteiger partial charge in [-0.2, -0.15) is 13.2 Å². The third-order valence-corrected chi connectivity index (χ3v) is 7.69. The minimum absolute atomic E-state index is 0.00383. The Labute approximate surface area is 232 Å². The number of alkyl halides is 3. The van der Waals surface area contributed by atoms with Gasteiger partial charge in [-0.1, -0.05) is 6.07 Å². The van der Waals surface area contributed by atoms with E-state index in [0.717, 1.165) is 19.8 Å². The normalized spacial score (nSPS) is 15.9. The predicted molar refractivity (Wildman–Crippen MR) is 143 cm³/mol. The predicted octanol–water partition coefficient (Wildman–Crippen LogP) is 4.00. The van der Waals surface area contributed by atoms with Gasteiger partial charge in [0.2, 0.25) is 5.88 Å². The largest absolute Gasteiger partial charge is 0.480 e. The van der Waals surface area contributed by atoms with Gasteiger partial charge in [-0.3, -0.25) is 9.36 Å². The molecule has 16 heteroatoms. The Balaban J connectivity index is 1.65. The first-order chi connectivity index (χ1) is 19.3. The molecule has 0 spiro atoms. The molecule has 4 heterocycles. The number of hydrogen-bond donors (Lipinski definition) is 2. The van der Waals surface area contributed by atoms with Crippen LogP contribution in [0.25, 0.3) is 22.6 Å². The monoisotopic (exact) mass is 589 g/mol. The lowest BCUT2D eigenvalue weighted by atomic mass is 10.1. The molecule has 12 nitrogen and oxygen atoms in total. The van der Waals surface area contributed by atoms with Gasteiger partial charge < -0.3 is 10.1 Å². The van der Waals surface area contributed by atoms with Gasteiger partial charge in [-0.05, 0) is 38.3 Å². The Morgan fingerprint density at radius 3 is 2.51 bits per heavy atom. The number of anilines is 1. The van der Waals surface area contributed by atoms with Crippen molar-refractivity contribution < 1.29 is 22.1 Å². The summed E-state index contributed by atoms with van der Waals surface area (Å²) < 4.78 is 67.6. The summed E-state index contributed by atoms with van der Waals surface area (Å²) in [7, 11) is -1.61. The SMILES string of the molecule is COc1ncnc(C2CC2)c1-c1nc(C)c2nc(NCc3ccc(S(C)(=N)=O)nc3)c(=O)n([C@@H](C)C(F)(F)F)c2n1. The number of rotatable bonds is 8. The first-order valence-corrected chi connectivity index (χ1v) is 14.5. The van der Waals surface area contributed by atoms with Crippen LogP contribution in [0.1, 0.15) is 48.7 Å². The molecule has 0 bridgehead atoms. The average Bonchev–Trinajstić information content (AvgIpc) is 3.76. The number of halogens is 3. The van der Waals surface area contributed by atoms with E-state index >= 15 is 0 Å². The maximum atomic E-state index is 14.0. The molecule has 4 aromatic heterocycles. The summed E-state index contributed by atoms with van der Waals surface area (Å²) in [5.74, 6) is -0.00629. The molecule has 4 aromatic rings. The Kier molecular flexibility index (Phi) is 7.13. The highest BCUT2D eigenvalue weighted by atomic mass is 32.2. The average molecular weight is 590 g/mol. The van der Waals surface area contributed by atoms with Crippen molar-refractivity contribution in [2.75, 3.05) is 18.7 Å². The van der Waals surface area contributed by atoms with Crippen LogP contribution in [0.4, 0.5) is 19.0 Å². The number of fused-ring (bicyclic) bond motifs is 1. The molecule has 0 saturated heterocycles. The zero-order valence-electron chi connectivity index (χ0n) is 22.5. The van der Waals surface area contributed by atoms with Crippen LogP contribution >= 0.6 is 0 Å². The van der Waals surface area contributed by atoms with E-state index < -0.39 is 27.5 Å². The maximum absolute atomic E-state index is 14.0. The van der Waals surface area contributed by atoms with Crippen LogP contribution in [0.2, 0.25) is 0 Å². The van der Waals surface area contributed by atoms with Gasteiger partial charge in [0.25, 0.3) is 5.56 Å². The number of aromatic nitrogens is 7. The number of nitrogens with zero attached hydrogens (tertiary/aromatic N) is 7. The lowest BCUT2D eigenvalue weighted by molar-refractivity contribution is -0.162. The van der Waals surface area contributed by atoms with Crippen molar-refractivity contribution in [3.8, 4) is 17.3 Å². The first-order valence-electron chi connectivity index (χ1n) is 12.5. The highest BCUT2D eigenvalue weighted by Gasteiger charge is 2.40. The van der Waals surface area contributed by atoms with Crippen molar-refractivity contribution >= 4 is 26.7 Å². The van der Waals surface area contributed by atoms with Crippen LogP contribution in [0.5, 0.6) is 5.88 Å². The highest BCUT2D eigenvalue weighted by Crippen LogP contribution is 2.45. The molecule has 1 aliphatic rings. The van der Waals surface area contributed by atoms with Crippen molar-refractivity contribution in [1.29, 1.82) is 4.78 Å². The van der Waals surface area contributed by atoms with Crippen molar-refractivity contribution in [2.45, 2.75) is 56.4 Å². The summed E-state index contributed by atoms with van der Waals surface area (Å²) in [6.45, 7) is 2.41. The third-order valence-electron chi connectivity index (χ3n) is 6.65. The first kappa shape index (κ1) is 28.3. The molecule has 1 unspecified atom stereocenters. The number of hydrogen-bond acceptors (Lipinski definition) is 11. The molecule has 0 aliphatic heterocycles. The van der Waals surface area contributed by atoms with Gasteiger partial charge in [-0.15, -0.1) is 0 Å². The maximum Gasteiger partial charge on any atom is 0.409 e. The zero-order chi connectivity index (χ0) is 29.7. The highest BCUT2D eigenvalue weighted by molar-refractivity contribution is 7.91. The third kappa shape index (κ3) is 5.55. The summed E-state index contributed by atoms with van der Waals surface area (Å²) in [6, 6.07) is 0.732. The second kappa shape index (κ2) is 10.3. The second-order valence-electron chi connectivity index (χ2n) is 9.78. The van der Waals surface area contributed by atoms with E-state index in [1.54, 1.807) is 13.0 Å². The lowest BCUT2D eigenvalue weighted by Gasteiger charge is -2.22. The van der Waals surface area contributed by atoms with Crippen LogP contribution in [-0.4, -0.2) is 58.2 Å². The molecule has 216 valence electrons.